The predicted molar refractivity (Wildman–Crippen MR) is 54.6 cm³/mol. The number of unbranched alkanes of at least 4 members (excludes halogenated alkanes) is 2. The Morgan fingerprint density at radius 3 is 2.25 bits per heavy atom. The molecule has 16 heavy (non-hydrogen) atoms. The topological polar surface area (TPSA) is 26.3 Å². The van der Waals surface area contributed by atoms with Gasteiger partial charge in [-0.2, -0.15) is 13.2 Å². The van der Waals surface area contributed by atoms with Crippen molar-refractivity contribution in [3.63, 3.8) is 0 Å². The van der Waals surface area contributed by atoms with Gasteiger partial charge in [-0.15, -0.1) is 0 Å². The van der Waals surface area contributed by atoms with Crippen molar-refractivity contribution in [3.8, 4) is 0 Å². The fourth-order valence-electron chi connectivity index (χ4n) is 1.14. The lowest BCUT2D eigenvalue weighted by Gasteiger charge is -2.04. The molecular formula is C11H17F3O2. The number of halogens is 3. The third kappa shape index (κ3) is 7.31. The molecule has 0 bridgehead atoms. The van der Waals surface area contributed by atoms with Gasteiger partial charge >= 0.3 is 12.0 Å². The molecule has 0 aliphatic carbocycles. The van der Waals surface area contributed by atoms with Crippen LogP contribution in [0.3, 0.4) is 0 Å². The lowest BCUT2D eigenvalue weighted by molar-refractivity contribution is -0.141. The lowest BCUT2D eigenvalue weighted by atomic mass is 10.1. The number of esters is 1. The zero-order valence-electron chi connectivity index (χ0n) is 9.56. The molecule has 0 fully saturated rings. The number of rotatable bonds is 7. The van der Waals surface area contributed by atoms with Crippen LogP contribution in [0.25, 0.3) is 0 Å². The van der Waals surface area contributed by atoms with Crippen molar-refractivity contribution in [1.29, 1.82) is 0 Å². The van der Waals surface area contributed by atoms with Gasteiger partial charge in [0.15, 0.2) is 0 Å². The highest BCUT2D eigenvalue weighted by Crippen LogP contribution is 2.12. The van der Waals surface area contributed by atoms with E-state index in [9.17, 15) is 18.0 Å². The van der Waals surface area contributed by atoms with Gasteiger partial charge in [-0.25, -0.2) is 4.79 Å². The minimum Gasteiger partial charge on any atom is -0.460 e. The van der Waals surface area contributed by atoms with Crippen LogP contribution in [0, 0.1) is 5.92 Å². The summed E-state index contributed by atoms with van der Waals surface area (Å²) < 4.78 is 39.8. The maximum absolute atomic E-state index is 12.3. The number of hydrogen-bond acceptors (Lipinski definition) is 2. The van der Waals surface area contributed by atoms with Crippen LogP contribution in [-0.2, 0) is 9.53 Å². The smallest absolute Gasteiger partial charge is 0.372 e. The van der Waals surface area contributed by atoms with E-state index in [0.717, 1.165) is 19.3 Å². The Balaban J connectivity index is 3.53. The second kappa shape index (κ2) is 8.19. The summed E-state index contributed by atoms with van der Waals surface area (Å²) in [6.07, 6.45) is 0.839. The van der Waals surface area contributed by atoms with Gasteiger partial charge < -0.3 is 4.74 Å². The summed E-state index contributed by atoms with van der Waals surface area (Å²) in [7, 11) is 0. The van der Waals surface area contributed by atoms with Crippen LogP contribution in [0.15, 0.2) is 11.9 Å². The lowest BCUT2D eigenvalue weighted by Crippen LogP contribution is -2.07. The molecule has 0 aliphatic rings. The molecule has 0 heterocycles. The Hall–Kier alpha value is -1.00. The Kier molecular flexibility index (Phi) is 7.68. The van der Waals surface area contributed by atoms with Crippen LogP contribution >= 0.6 is 0 Å². The van der Waals surface area contributed by atoms with Gasteiger partial charge in [0.2, 0.25) is 0 Å². The van der Waals surface area contributed by atoms with E-state index in [2.05, 4.69) is 18.6 Å². The van der Waals surface area contributed by atoms with Gasteiger partial charge in [0, 0.05) is 0 Å². The number of carbonyl (C=O) groups excluding carboxylic acids is 1. The minimum absolute atomic E-state index is 0.0162. The van der Waals surface area contributed by atoms with Crippen LogP contribution in [0.4, 0.5) is 13.2 Å². The Morgan fingerprint density at radius 2 is 1.75 bits per heavy atom. The first-order chi connectivity index (χ1) is 7.45. The first-order valence-corrected chi connectivity index (χ1v) is 5.33. The van der Waals surface area contributed by atoms with E-state index < -0.39 is 17.9 Å². The van der Waals surface area contributed by atoms with E-state index in [1.807, 2.05) is 0 Å². The first-order valence-electron chi connectivity index (χ1n) is 5.33. The van der Waals surface area contributed by atoms with Crippen molar-refractivity contribution in [1.82, 2.24) is 0 Å². The second-order valence-corrected chi connectivity index (χ2v) is 3.95. The van der Waals surface area contributed by atoms with E-state index in [-0.39, 0.29) is 6.61 Å². The molecule has 0 saturated carbocycles. The van der Waals surface area contributed by atoms with Crippen LogP contribution < -0.4 is 0 Å². The fourth-order valence-corrected chi connectivity index (χ4v) is 1.14. The molecule has 0 atom stereocenters. The summed E-state index contributed by atoms with van der Waals surface area (Å²) in [6.45, 7) is 4.19. The quantitative estimate of drug-likeness (QED) is 0.383. The highest BCUT2D eigenvalue weighted by molar-refractivity contribution is 5.86. The fraction of sp³-hybridized carbons (Fsp3) is 0.727. The molecule has 0 rings (SSSR count). The van der Waals surface area contributed by atoms with E-state index in [4.69, 9.17) is 0 Å². The van der Waals surface area contributed by atoms with Crippen LogP contribution in [0.1, 0.15) is 39.5 Å². The molecule has 0 saturated heterocycles. The molecule has 0 amide bonds. The van der Waals surface area contributed by atoms with Gasteiger partial charge in [0.25, 0.3) is 5.83 Å². The molecule has 0 aliphatic heterocycles. The molecule has 0 N–H and O–H groups in total. The summed E-state index contributed by atoms with van der Waals surface area (Å²) >= 11 is 0. The molecule has 94 valence electrons. The standard InChI is InChI=1S/C11H17F3O2/c1-8(2)6-4-3-5-7-16-11(15)9(12)10(13)14/h8H,3-7H2,1-2H3. The van der Waals surface area contributed by atoms with Gasteiger partial charge in [-0.3, -0.25) is 0 Å². The van der Waals surface area contributed by atoms with E-state index in [1.165, 1.54) is 0 Å². The molecule has 0 aromatic heterocycles. The van der Waals surface area contributed by atoms with Crippen LogP contribution in [0.2, 0.25) is 0 Å². The monoisotopic (exact) mass is 238 g/mol. The highest BCUT2D eigenvalue weighted by Gasteiger charge is 2.16. The zero-order valence-corrected chi connectivity index (χ0v) is 9.56. The van der Waals surface area contributed by atoms with Crippen molar-refractivity contribution in [2.75, 3.05) is 6.61 Å². The first kappa shape index (κ1) is 15.0. The molecule has 0 spiro atoms. The Bertz CT molecular complexity index is 246. The van der Waals surface area contributed by atoms with Gasteiger partial charge in [-0.1, -0.05) is 33.1 Å². The molecule has 2 nitrogen and oxygen atoms in total. The van der Waals surface area contributed by atoms with Crippen LogP contribution in [0.5, 0.6) is 0 Å². The maximum Gasteiger partial charge on any atom is 0.372 e. The van der Waals surface area contributed by atoms with Crippen molar-refractivity contribution in [2.24, 2.45) is 5.92 Å². The normalized spacial score (nSPS) is 10.4. The Labute approximate surface area is 93.5 Å². The average Bonchev–Trinajstić information content (AvgIpc) is 2.21. The van der Waals surface area contributed by atoms with Crippen molar-refractivity contribution in [3.05, 3.63) is 11.9 Å². The van der Waals surface area contributed by atoms with Crippen molar-refractivity contribution < 1.29 is 22.7 Å². The molecule has 0 aromatic rings. The average molecular weight is 238 g/mol. The van der Waals surface area contributed by atoms with Gasteiger partial charge in [-0.05, 0) is 12.3 Å². The van der Waals surface area contributed by atoms with Gasteiger partial charge in [0.1, 0.15) is 0 Å². The van der Waals surface area contributed by atoms with E-state index in [1.54, 1.807) is 0 Å². The molecule has 0 radical (unpaired) electrons. The van der Waals surface area contributed by atoms with E-state index >= 15 is 0 Å². The highest BCUT2D eigenvalue weighted by atomic mass is 19.3. The van der Waals surface area contributed by atoms with Crippen molar-refractivity contribution in [2.45, 2.75) is 39.5 Å². The number of ether oxygens (including phenoxy) is 1. The SMILES string of the molecule is CC(C)CCCCCOC(=O)C(F)=C(F)F. The molecule has 5 heteroatoms. The molecule has 0 unspecified atom stereocenters. The van der Waals surface area contributed by atoms with Gasteiger partial charge in [0.05, 0.1) is 6.61 Å². The van der Waals surface area contributed by atoms with Crippen LogP contribution in [-0.4, -0.2) is 12.6 Å². The summed E-state index contributed by atoms with van der Waals surface area (Å²) in [5.41, 5.74) is 0. The number of carbonyl (C=O) groups is 1. The summed E-state index contributed by atoms with van der Waals surface area (Å²) in [5, 5.41) is 0. The Morgan fingerprint density at radius 1 is 1.12 bits per heavy atom. The third-order valence-corrected chi connectivity index (χ3v) is 2.00. The molecule has 0 aromatic carbocycles. The zero-order chi connectivity index (χ0) is 12.6. The summed E-state index contributed by atoms with van der Waals surface area (Å²) in [5.74, 6) is -3.06. The largest absolute Gasteiger partial charge is 0.460 e. The predicted octanol–water partition coefficient (Wildman–Crippen LogP) is 3.82. The minimum atomic E-state index is -2.63. The third-order valence-electron chi connectivity index (χ3n) is 2.00. The molecular weight excluding hydrogens is 221 g/mol. The summed E-state index contributed by atoms with van der Waals surface area (Å²) in [6, 6.07) is 0. The van der Waals surface area contributed by atoms with E-state index in [0.29, 0.717) is 12.3 Å². The number of hydrogen-bond donors (Lipinski definition) is 0. The maximum atomic E-state index is 12.3. The summed E-state index contributed by atoms with van der Waals surface area (Å²) in [4.78, 5) is 10.6. The second-order valence-electron chi connectivity index (χ2n) is 3.95. The van der Waals surface area contributed by atoms with Crippen molar-refractivity contribution >= 4 is 5.97 Å².